The lowest BCUT2D eigenvalue weighted by atomic mass is 10.2. The number of imidazole rings is 1. The van der Waals surface area contributed by atoms with Crippen LogP contribution in [0.4, 0.5) is 0 Å². The Hall–Kier alpha value is -1.82. The Kier molecular flexibility index (Phi) is 5.38. The van der Waals surface area contributed by atoms with Gasteiger partial charge in [0.05, 0.1) is 6.04 Å². The predicted molar refractivity (Wildman–Crippen MR) is 84.0 cm³/mol. The summed E-state index contributed by atoms with van der Waals surface area (Å²) in [5.74, 6) is 1.25. The zero-order valence-electron chi connectivity index (χ0n) is 12.0. The van der Waals surface area contributed by atoms with Gasteiger partial charge in [0.1, 0.15) is 11.6 Å². The molecule has 0 saturated carbocycles. The Morgan fingerprint density at radius 2 is 2.14 bits per heavy atom. The number of benzene rings is 1. The molecule has 112 valence electrons. The van der Waals surface area contributed by atoms with Crippen molar-refractivity contribution in [3.63, 3.8) is 0 Å². The standard InChI is InChI=1S/C15H18BrN3O2/c1-3-13(14-17-8-9-18-14)19-15(20)10(2)21-12-6-4-11(16)5-7-12/h4-10,13H,3H2,1-2H3,(H,17,18)(H,19,20). The molecular weight excluding hydrogens is 334 g/mol. The summed E-state index contributed by atoms with van der Waals surface area (Å²) >= 11 is 3.36. The molecule has 6 heteroatoms. The van der Waals surface area contributed by atoms with Crippen molar-refractivity contribution in [3.8, 4) is 5.75 Å². The number of halogens is 1. The lowest BCUT2D eigenvalue weighted by Gasteiger charge is -2.19. The predicted octanol–water partition coefficient (Wildman–Crippen LogP) is 3.21. The SMILES string of the molecule is CCC(NC(=O)C(C)Oc1ccc(Br)cc1)c1ncc[nH]1. The largest absolute Gasteiger partial charge is 0.481 e. The maximum Gasteiger partial charge on any atom is 0.261 e. The van der Waals surface area contributed by atoms with Gasteiger partial charge in [-0.3, -0.25) is 4.79 Å². The zero-order chi connectivity index (χ0) is 15.2. The number of carbonyl (C=O) groups is 1. The molecule has 0 fully saturated rings. The summed E-state index contributed by atoms with van der Waals surface area (Å²) in [4.78, 5) is 19.4. The van der Waals surface area contributed by atoms with Crippen LogP contribution in [0.2, 0.25) is 0 Å². The Morgan fingerprint density at radius 3 is 2.71 bits per heavy atom. The molecule has 1 heterocycles. The van der Waals surface area contributed by atoms with Gasteiger partial charge in [0, 0.05) is 16.9 Å². The van der Waals surface area contributed by atoms with Crippen molar-refractivity contribution in [3.05, 3.63) is 47.0 Å². The topological polar surface area (TPSA) is 67.0 Å². The molecule has 0 radical (unpaired) electrons. The van der Waals surface area contributed by atoms with Crippen LogP contribution in [0.25, 0.3) is 0 Å². The molecule has 0 aliphatic heterocycles. The molecule has 1 aromatic heterocycles. The van der Waals surface area contributed by atoms with E-state index in [0.29, 0.717) is 5.75 Å². The third kappa shape index (κ3) is 4.32. The highest BCUT2D eigenvalue weighted by Crippen LogP contribution is 2.18. The fraction of sp³-hybridized carbons (Fsp3) is 0.333. The van der Waals surface area contributed by atoms with Gasteiger partial charge in [-0.1, -0.05) is 22.9 Å². The van der Waals surface area contributed by atoms with Crippen molar-refractivity contribution < 1.29 is 9.53 Å². The quantitative estimate of drug-likeness (QED) is 0.839. The van der Waals surface area contributed by atoms with Crippen molar-refractivity contribution in [1.82, 2.24) is 15.3 Å². The third-order valence-electron chi connectivity index (χ3n) is 3.07. The minimum atomic E-state index is -0.574. The fourth-order valence-corrected chi connectivity index (χ4v) is 2.16. The Morgan fingerprint density at radius 1 is 1.43 bits per heavy atom. The van der Waals surface area contributed by atoms with Crippen LogP contribution >= 0.6 is 15.9 Å². The number of aromatic amines is 1. The summed E-state index contributed by atoms with van der Waals surface area (Å²) in [6.07, 6.45) is 3.59. The van der Waals surface area contributed by atoms with Crippen LogP contribution in [0.3, 0.4) is 0 Å². The molecule has 0 saturated heterocycles. The average Bonchev–Trinajstić information content (AvgIpc) is 3.01. The number of ether oxygens (including phenoxy) is 1. The van der Waals surface area contributed by atoms with Crippen LogP contribution in [0.5, 0.6) is 5.75 Å². The highest BCUT2D eigenvalue weighted by atomic mass is 79.9. The summed E-state index contributed by atoms with van der Waals surface area (Å²) in [6.45, 7) is 3.72. The monoisotopic (exact) mass is 351 g/mol. The summed E-state index contributed by atoms with van der Waals surface area (Å²) in [5, 5.41) is 2.93. The van der Waals surface area contributed by atoms with Crippen molar-refractivity contribution >= 4 is 21.8 Å². The number of amides is 1. The first-order valence-corrected chi connectivity index (χ1v) is 7.61. The van der Waals surface area contributed by atoms with Gasteiger partial charge in [0.25, 0.3) is 5.91 Å². The van der Waals surface area contributed by atoms with Gasteiger partial charge >= 0.3 is 0 Å². The van der Waals surface area contributed by atoms with Gasteiger partial charge in [-0.05, 0) is 37.6 Å². The smallest absolute Gasteiger partial charge is 0.261 e. The molecule has 2 rings (SSSR count). The number of nitrogens with zero attached hydrogens (tertiary/aromatic N) is 1. The van der Waals surface area contributed by atoms with Crippen LogP contribution in [0.1, 0.15) is 32.1 Å². The molecule has 0 aliphatic rings. The minimum Gasteiger partial charge on any atom is -0.481 e. The number of nitrogens with one attached hydrogen (secondary N) is 2. The van der Waals surface area contributed by atoms with E-state index in [2.05, 4.69) is 31.2 Å². The van der Waals surface area contributed by atoms with Gasteiger partial charge in [-0.25, -0.2) is 4.98 Å². The lowest BCUT2D eigenvalue weighted by molar-refractivity contribution is -0.128. The highest BCUT2D eigenvalue weighted by molar-refractivity contribution is 9.10. The summed E-state index contributed by atoms with van der Waals surface area (Å²) in [6, 6.07) is 7.24. The molecule has 5 nitrogen and oxygen atoms in total. The van der Waals surface area contributed by atoms with Gasteiger partial charge in [-0.2, -0.15) is 0 Å². The van der Waals surface area contributed by atoms with Crippen molar-refractivity contribution in [1.29, 1.82) is 0 Å². The molecule has 0 bridgehead atoms. The Labute approximate surface area is 132 Å². The molecule has 21 heavy (non-hydrogen) atoms. The second-order valence-corrected chi connectivity index (χ2v) is 5.57. The van der Waals surface area contributed by atoms with Gasteiger partial charge in [-0.15, -0.1) is 0 Å². The van der Waals surface area contributed by atoms with E-state index < -0.39 is 6.10 Å². The molecule has 2 N–H and O–H groups in total. The maximum absolute atomic E-state index is 12.2. The van der Waals surface area contributed by atoms with Gasteiger partial charge in [0.2, 0.25) is 0 Å². The number of carbonyl (C=O) groups excluding carboxylic acids is 1. The summed E-state index contributed by atoms with van der Waals surface area (Å²) in [7, 11) is 0. The Balaban J connectivity index is 1.94. The van der Waals surface area contributed by atoms with E-state index in [1.54, 1.807) is 19.3 Å². The number of aromatic nitrogens is 2. The number of hydrogen-bond donors (Lipinski definition) is 2. The van der Waals surface area contributed by atoms with Crippen LogP contribution in [-0.2, 0) is 4.79 Å². The molecule has 2 aromatic rings. The number of hydrogen-bond acceptors (Lipinski definition) is 3. The summed E-state index contributed by atoms with van der Waals surface area (Å²) in [5.41, 5.74) is 0. The van der Waals surface area contributed by atoms with Crippen molar-refractivity contribution in [2.45, 2.75) is 32.4 Å². The van der Waals surface area contributed by atoms with Crippen LogP contribution in [0, 0.1) is 0 Å². The first-order chi connectivity index (χ1) is 10.1. The number of H-pyrrole nitrogens is 1. The maximum atomic E-state index is 12.2. The van der Waals surface area contributed by atoms with E-state index in [4.69, 9.17) is 4.74 Å². The van der Waals surface area contributed by atoms with E-state index >= 15 is 0 Å². The van der Waals surface area contributed by atoms with E-state index in [-0.39, 0.29) is 11.9 Å². The first kappa shape index (κ1) is 15.6. The molecule has 1 aromatic carbocycles. The zero-order valence-corrected chi connectivity index (χ0v) is 13.6. The fourth-order valence-electron chi connectivity index (χ4n) is 1.89. The Bertz CT molecular complexity index is 569. The highest BCUT2D eigenvalue weighted by Gasteiger charge is 2.20. The minimum absolute atomic E-state index is 0.136. The molecule has 2 unspecified atom stereocenters. The van der Waals surface area contributed by atoms with E-state index in [1.807, 2.05) is 31.2 Å². The molecule has 0 spiro atoms. The first-order valence-electron chi connectivity index (χ1n) is 6.82. The second-order valence-electron chi connectivity index (χ2n) is 4.66. The van der Waals surface area contributed by atoms with Crippen LogP contribution in [-0.4, -0.2) is 22.0 Å². The molecule has 2 atom stereocenters. The third-order valence-corrected chi connectivity index (χ3v) is 3.60. The van der Waals surface area contributed by atoms with E-state index in [9.17, 15) is 4.79 Å². The van der Waals surface area contributed by atoms with E-state index in [1.165, 1.54) is 0 Å². The van der Waals surface area contributed by atoms with Gasteiger partial charge < -0.3 is 15.0 Å². The molecule has 0 aliphatic carbocycles. The van der Waals surface area contributed by atoms with Gasteiger partial charge in [0.15, 0.2) is 6.10 Å². The molecular formula is C15H18BrN3O2. The molecule has 1 amide bonds. The van der Waals surface area contributed by atoms with Crippen molar-refractivity contribution in [2.75, 3.05) is 0 Å². The average molecular weight is 352 g/mol. The van der Waals surface area contributed by atoms with E-state index in [0.717, 1.165) is 16.7 Å². The van der Waals surface area contributed by atoms with Crippen LogP contribution < -0.4 is 10.1 Å². The van der Waals surface area contributed by atoms with Crippen molar-refractivity contribution in [2.24, 2.45) is 0 Å². The lowest BCUT2D eigenvalue weighted by Crippen LogP contribution is -2.38. The summed E-state index contributed by atoms with van der Waals surface area (Å²) < 4.78 is 6.60. The van der Waals surface area contributed by atoms with Crippen LogP contribution in [0.15, 0.2) is 41.1 Å². The number of rotatable bonds is 6. The second kappa shape index (κ2) is 7.26. The normalized spacial score (nSPS) is 13.5.